The van der Waals surface area contributed by atoms with Crippen molar-refractivity contribution in [3.8, 4) is 17.3 Å². The molecule has 0 radical (unpaired) electrons. The third-order valence-corrected chi connectivity index (χ3v) is 5.05. The maximum Gasteiger partial charge on any atom is 0.257 e. The zero-order valence-corrected chi connectivity index (χ0v) is 16.1. The zero-order valence-electron chi connectivity index (χ0n) is 15.3. The molecule has 0 saturated carbocycles. The van der Waals surface area contributed by atoms with Crippen molar-refractivity contribution in [2.45, 2.75) is 13.8 Å². The topological polar surface area (TPSA) is 69.0 Å². The molecule has 0 bridgehead atoms. The Labute approximate surface area is 162 Å². The standard InChI is InChI=1S/C21H20N4OS/c1-3-25(4-2)18-11-9-17(10-12-18)20(26)24-21-23-19(14-27-21)16-7-5-15(13-22)6-8-16/h5-12,14H,3-4H2,1-2H3,(H,23,24,26). The van der Waals surface area contributed by atoms with Gasteiger partial charge in [-0.3, -0.25) is 10.1 Å². The minimum atomic E-state index is -0.179. The lowest BCUT2D eigenvalue weighted by atomic mass is 10.1. The fraction of sp³-hybridized carbons (Fsp3) is 0.190. The van der Waals surface area contributed by atoms with Gasteiger partial charge in [0.15, 0.2) is 5.13 Å². The Morgan fingerprint density at radius 1 is 1.11 bits per heavy atom. The van der Waals surface area contributed by atoms with Gasteiger partial charge in [-0.05, 0) is 50.2 Å². The molecule has 2 aromatic carbocycles. The summed E-state index contributed by atoms with van der Waals surface area (Å²) in [7, 11) is 0. The SMILES string of the molecule is CCN(CC)c1ccc(C(=O)Nc2nc(-c3ccc(C#N)cc3)cs2)cc1. The summed E-state index contributed by atoms with van der Waals surface area (Å²) >= 11 is 1.38. The molecule has 0 atom stereocenters. The van der Waals surface area contributed by atoms with Crippen LogP contribution in [0, 0.1) is 11.3 Å². The summed E-state index contributed by atoms with van der Waals surface area (Å²) < 4.78 is 0. The molecule has 1 heterocycles. The highest BCUT2D eigenvalue weighted by atomic mass is 32.1. The summed E-state index contributed by atoms with van der Waals surface area (Å²) in [6.45, 7) is 6.08. The van der Waals surface area contributed by atoms with Crippen LogP contribution in [0.3, 0.4) is 0 Å². The van der Waals surface area contributed by atoms with Crippen LogP contribution in [0.25, 0.3) is 11.3 Å². The molecular formula is C21H20N4OS. The fourth-order valence-corrected chi connectivity index (χ4v) is 3.48. The lowest BCUT2D eigenvalue weighted by Crippen LogP contribution is -2.21. The third kappa shape index (κ3) is 4.33. The Hall–Kier alpha value is -3.17. The van der Waals surface area contributed by atoms with E-state index in [1.807, 2.05) is 41.8 Å². The van der Waals surface area contributed by atoms with Crippen molar-refractivity contribution in [1.82, 2.24) is 4.98 Å². The molecule has 27 heavy (non-hydrogen) atoms. The number of aromatic nitrogens is 1. The molecule has 1 amide bonds. The molecule has 6 heteroatoms. The number of benzene rings is 2. The summed E-state index contributed by atoms with van der Waals surface area (Å²) in [6.07, 6.45) is 0. The first-order valence-electron chi connectivity index (χ1n) is 8.77. The minimum Gasteiger partial charge on any atom is -0.372 e. The molecule has 0 fully saturated rings. The van der Waals surface area contributed by atoms with Crippen molar-refractivity contribution in [2.24, 2.45) is 0 Å². The smallest absolute Gasteiger partial charge is 0.257 e. The van der Waals surface area contributed by atoms with Gasteiger partial charge in [0.25, 0.3) is 5.91 Å². The van der Waals surface area contributed by atoms with E-state index in [9.17, 15) is 4.79 Å². The number of anilines is 2. The maximum atomic E-state index is 12.5. The number of nitrogens with one attached hydrogen (secondary N) is 1. The molecule has 0 spiro atoms. The number of rotatable bonds is 6. The van der Waals surface area contributed by atoms with Gasteiger partial charge in [0.05, 0.1) is 17.3 Å². The van der Waals surface area contributed by atoms with Gasteiger partial charge in [-0.2, -0.15) is 5.26 Å². The Kier molecular flexibility index (Phi) is 5.84. The largest absolute Gasteiger partial charge is 0.372 e. The van der Waals surface area contributed by atoms with Crippen LogP contribution in [-0.2, 0) is 0 Å². The fourth-order valence-electron chi connectivity index (χ4n) is 2.76. The first kappa shape index (κ1) is 18.6. The van der Waals surface area contributed by atoms with E-state index in [0.717, 1.165) is 30.0 Å². The molecule has 0 unspecified atom stereocenters. The molecule has 0 aliphatic rings. The molecule has 3 aromatic rings. The maximum absolute atomic E-state index is 12.5. The Morgan fingerprint density at radius 2 is 1.78 bits per heavy atom. The number of hydrogen-bond acceptors (Lipinski definition) is 5. The zero-order chi connectivity index (χ0) is 19.2. The summed E-state index contributed by atoms with van der Waals surface area (Å²) in [4.78, 5) is 19.2. The van der Waals surface area contributed by atoms with Gasteiger partial charge in [0, 0.05) is 35.3 Å². The Balaban J connectivity index is 1.69. The van der Waals surface area contributed by atoms with E-state index >= 15 is 0 Å². The summed E-state index contributed by atoms with van der Waals surface area (Å²) in [5, 5.41) is 14.2. The number of carbonyl (C=O) groups excluding carboxylic acids is 1. The van der Waals surface area contributed by atoms with Crippen molar-refractivity contribution in [3.05, 3.63) is 65.0 Å². The van der Waals surface area contributed by atoms with Crippen LogP contribution in [0.5, 0.6) is 0 Å². The molecule has 136 valence electrons. The van der Waals surface area contributed by atoms with Gasteiger partial charge in [0.1, 0.15) is 0 Å². The molecule has 0 saturated heterocycles. The summed E-state index contributed by atoms with van der Waals surface area (Å²) in [5.41, 5.74) is 4.00. The van der Waals surface area contributed by atoms with Crippen LogP contribution in [0.2, 0.25) is 0 Å². The lowest BCUT2D eigenvalue weighted by molar-refractivity contribution is 0.102. The second-order valence-electron chi connectivity index (χ2n) is 5.90. The van der Waals surface area contributed by atoms with E-state index in [4.69, 9.17) is 5.26 Å². The first-order valence-corrected chi connectivity index (χ1v) is 9.65. The van der Waals surface area contributed by atoms with E-state index in [1.165, 1.54) is 11.3 Å². The number of amides is 1. The number of nitrogens with zero attached hydrogens (tertiary/aromatic N) is 3. The van der Waals surface area contributed by atoms with Crippen molar-refractivity contribution in [3.63, 3.8) is 0 Å². The lowest BCUT2D eigenvalue weighted by Gasteiger charge is -2.20. The predicted molar refractivity (Wildman–Crippen MR) is 110 cm³/mol. The highest BCUT2D eigenvalue weighted by molar-refractivity contribution is 7.14. The van der Waals surface area contributed by atoms with E-state index in [1.54, 1.807) is 12.1 Å². The van der Waals surface area contributed by atoms with Crippen LogP contribution in [0.1, 0.15) is 29.8 Å². The molecular weight excluding hydrogens is 356 g/mol. The minimum absolute atomic E-state index is 0.179. The Bertz CT molecular complexity index is 951. The number of hydrogen-bond donors (Lipinski definition) is 1. The summed E-state index contributed by atoms with van der Waals surface area (Å²) in [6, 6.07) is 16.9. The van der Waals surface area contributed by atoms with Crippen molar-refractivity contribution in [1.29, 1.82) is 5.26 Å². The van der Waals surface area contributed by atoms with Crippen molar-refractivity contribution < 1.29 is 4.79 Å². The third-order valence-electron chi connectivity index (χ3n) is 4.29. The second kappa shape index (κ2) is 8.47. The van der Waals surface area contributed by atoms with Crippen molar-refractivity contribution >= 4 is 28.1 Å². The quantitative estimate of drug-likeness (QED) is 0.672. The van der Waals surface area contributed by atoms with E-state index in [0.29, 0.717) is 16.3 Å². The normalized spacial score (nSPS) is 10.3. The van der Waals surface area contributed by atoms with Crippen LogP contribution < -0.4 is 10.2 Å². The second-order valence-corrected chi connectivity index (χ2v) is 6.76. The van der Waals surface area contributed by atoms with Gasteiger partial charge in [-0.1, -0.05) is 12.1 Å². The van der Waals surface area contributed by atoms with Gasteiger partial charge >= 0.3 is 0 Å². The van der Waals surface area contributed by atoms with Crippen LogP contribution in [0.15, 0.2) is 53.9 Å². The van der Waals surface area contributed by atoms with Crippen molar-refractivity contribution in [2.75, 3.05) is 23.3 Å². The summed E-state index contributed by atoms with van der Waals surface area (Å²) in [5.74, 6) is -0.179. The average Bonchev–Trinajstić information content (AvgIpc) is 3.18. The highest BCUT2D eigenvalue weighted by Crippen LogP contribution is 2.25. The monoisotopic (exact) mass is 376 g/mol. The number of carbonyl (C=O) groups is 1. The Morgan fingerprint density at radius 3 is 2.37 bits per heavy atom. The molecule has 5 nitrogen and oxygen atoms in total. The molecule has 0 aliphatic heterocycles. The molecule has 0 aliphatic carbocycles. The molecule has 3 rings (SSSR count). The number of thiazole rings is 1. The number of nitriles is 1. The predicted octanol–water partition coefficient (Wildman–Crippen LogP) is 4.78. The molecule has 1 aromatic heterocycles. The van der Waals surface area contributed by atoms with E-state index < -0.39 is 0 Å². The molecule has 1 N–H and O–H groups in total. The van der Waals surface area contributed by atoms with Crippen LogP contribution >= 0.6 is 11.3 Å². The highest BCUT2D eigenvalue weighted by Gasteiger charge is 2.11. The van der Waals surface area contributed by atoms with Gasteiger partial charge in [-0.25, -0.2) is 4.98 Å². The van der Waals surface area contributed by atoms with E-state index in [-0.39, 0.29) is 5.91 Å². The van der Waals surface area contributed by atoms with E-state index in [2.05, 4.69) is 35.1 Å². The van der Waals surface area contributed by atoms with Crippen LogP contribution in [0.4, 0.5) is 10.8 Å². The van der Waals surface area contributed by atoms with Gasteiger partial charge in [-0.15, -0.1) is 11.3 Å². The average molecular weight is 376 g/mol. The first-order chi connectivity index (χ1) is 13.1. The van der Waals surface area contributed by atoms with Gasteiger partial charge in [0.2, 0.25) is 0 Å². The van der Waals surface area contributed by atoms with Gasteiger partial charge < -0.3 is 4.90 Å². The van der Waals surface area contributed by atoms with Crippen LogP contribution in [-0.4, -0.2) is 24.0 Å².